The van der Waals surface area contributed by atoms with E-state index in [1.807, 2.05) is 72.8 Å². The van der Waals surface area contributed by atoms with Crippen LogP contribution < -0.4 is 4.90 Å². The van der Waals surface area contributed by atoms with Crippen LogP contribution in [-0.2, 0) is 0 Å². The topological polar surface area (TPSA) is 55.1 Å². The summed E-state index contributed by atoms with van der Waals surface area (Å²) < 4.78 is 6.76. The molecule has 0 spiro atoms. The number of fused-ring (bicyclic) bond motifs is 4. The van der Waals surface area contributed by atoms with Crippen LogP contribution in [0.1, 0.15) is 0 Å². The fraction of sp³-hybridized carbons (Fsp3) is 0. The molecule has 2 heterocycles. The smallest absolute Gasteiger partial charge is 0.167 e. The molecule has 2 aromatic heterocycles. The number of anilines is 3. The quantitative estimate of drug-likeness (QED) is 0.186. The van der Waals surface area contributed by atoms with Gasteiger partial charge in [0.2, 0.25) is 0 Å². The second kappa shape index (κ2) is 11.6. The lowest BCUT2D eigenvalue weighted by Crippen LogP contribution is -2.10. The summed E-state index contributed by atoms with van der Waals surface area (Å²) in [4.78, 5) is 17.5. The second-order valence-electron chi connectivity index (χ2n) is 11.7. The van der Waals surface area contributed by atoms with E-state index in [0.29, 0.717) is 17.5 Å². The van der Waals surface area contributed by atoms with Gasteiger partial charge in [-0.2, -0.15) is 0 Å². The van der Waals surface area contributed by atoms with Gasteiger partial charge >= 0.3 is 0 Å². The van der Waals surface area contributed by atoms with Crippen molar-refractivity contribution in [3.05, 3.63) is 170 Å². The molecule has 0 atom stereocenters. The van der Waals surface area contributed by atoms with E-state index < -0.39 is 0 Å². The predicted octanol–water partition coefficient (Wildman–Crippen LogP) is 11.4. The van der Waals surface area contributed by atoms with Gasteiger partial charge in [0.25, 0.3) is 0 Å². The van der Waals surface area contributed by atoms with Crippen molar-refractivity contribution in [3.63, 3.8) is 0 Å². The number of hydrogen-bond donors (Lipinski definition) is 0. The van der Waals surface area contributed by atoms with Gasteiger partial charge in [0.15, 0.2) is 17.5 Å². The summed E-state index contributed by atoms with van der Waals surface area (Å²) in [6.45, 7) is 0. The maximum atomic E-state index is 6.76. The zero-order valence-corrected chi connectivity index (χ0v) is 25.9. The van der Waals surface area contributed by atoms with Crippen LogP contribution in [0.3, 0.4) is 0 Å². The second-order valence-corrected chi connectivity index (χ2v) is 11.7. The van der Waals surface area contributed by atoms with Crippen LogP contribution in [0.15, 0.2) is 174 Å². The Morgan fingerprint density at radius 1 is 0.396 bits per heavy atom. The molecule has 0 radical (unpaired) electrons. The Kier molecular flexibility index (Phi) is 6.72. The Morgan fingerprint density at radius 3 is 1.44 bits per heavy atom. The van der Waals surface area contributed by atoms with Crippen molar-refractivity contribution >= 4 is 49.8 Å². The highest BCUT2D eigenvalue weighted by molar-refractivity contribution is 6.14. The normalized spacial score (nSPS) is 11.3. The van der Waals surface area contributed by atoms with Gasteiger partial charge in [-0.15, -0.1) is 0 Å². The van der Waals surface area contributed by atoms with E-state index in [2.05, 4.69) is 102 Å². The summed E-state index contributed by atoms with van der Waals surface area (Å²) in [5.41, 5.74) is 7.21. The molecule has 9 rings (SSSR count). The third kappa shape index (κ3) is 4.95. The average Bonchev–Trinajstić information content (AvgIpc) is 3.52. The minimum atomic E-state index is 0.541. The monoisotopic (exact) mass is 616 g/mol. The fourth-order valence-electron chi connectivity index (χ4n) is 6.37. The summed E-state index contributed by atoms with van der Waals surface area (Å²) in [6, 6.07) is 58.0. The predicted molar refractivity (Wildman–Crippen MR) is 196 cm³/mol. The van der Waals surface area contributed by atoms with E-state index >= 15 is 0 Å². The number of aromatic nitrogens is 3. The molecule has 9 aromatic rings. The van der Waals surface area contributed by atoms with E-state index in [0.717, 1.165) is 66.5 Å². The number of hydrogen-bond acceptors (Lipinski definition) is 5. The molecular formula is C43H28N4O. The minimum absolute atomic E-state index is 0.541. The molecule has 0 aliphatic rings. The molecule has 0 aliphatic carbocycles. The summed E-state index contributed by atoms with van der Waals surface area (Å²) in [6.07, 6.45) is 0. The Morgan fingerprint density at radius 2 is 0.875 bits per heavy atom. The van der Waals surface area contributed by atoms with Crippen molar-refractivity contribution in [1.29, 1.82) is 0 Å². The molecule has 0 saturated heterocycles. The van der Waals surface area contributed by atoms with Crippen molar-refractivity contribution < 1.29 is 4.42 Å². The third-order valence-electron chi connectivity index (χ3n) is 8.65. The van der Waals surface area contributed by atoms with Gasteiger partial charge in [-0.25, -0.2) is 15.0 Å². The van der Waals surface area contributed by atoms with Crippen LogP contribution in [0.5, 0.6) is 0 Å². The van der Waals surface area contributed by atoms with Crippen LogP contribution in [-0.4, -0.2) is 15.0 Å². The number of nitrogens with zero attached hydrogens (tertiary/aromatic N) is 4. The number of furan rings is 1. The molecule has 0 amide bonds. The van der Waals surface area contributed by atoms with Gasteiger partial charge in [-0.3, -0.25) is 0 Å². The molecular weight excluding hydrogens is 589 g/mol. The molecule has 0 saturated carbocycles. The summed E-state index contributed by atoms with van der Waals surface area (Å²) in [5, 5.41) is 4.30. The minimum Gasteiger partial charge on any atom is -0.455 e. The molecule has 0 aliphatic heterocycles. The molecule has 7 aromatic carbocycles. The lowest BCUT2D eigenvalue weighted by Gasteiger charge is -2.26. The van der Waals surface area contributed by atoms with E-state index in [-0.39, 0.29) is 0 Å². The molecule has 0 unspecified atom stereocenters. The summed E-state index contributed by atoms with van der Waals surface area (Å²) in [5.74, 6) is 1.74. The average molecular weight is 617 g/mol. The Hall–Kier alpha value is -6.59. The molecule has 0 bridgehead atoms. The van der Waals surface area contributed by atoms with Gasteiger partial charge in [0.1, 0.15) is 11.2 Å². The Labute approximate surface area is 277 Å². The third-order valence-corrected chi connectivity index (χ3v) is 8.65. The van der Waals surface area contributed by atoms with Crippen molar-refractivity contribution in [2.45, 2.75) is 0 Å². The van der Waals surface area contributed by atoms with E-state index in [1.54, 1.807) is 0 Å². The van der Waals surface area contributed by atoms with Crippen molar-refractivity contribution in [3.8, 4) is 34.2 Å². The SMILES string of the molecule is c1ccc(-c2nc(-c3ccccc3)nc(-c3cc(N(c4ccccc4)c4ccccc4)cc4c3oc3cc5ccccc5cc34)n2)cc1. The van der Waals surface area contributed by atoms with Crippen molar-refractivity contribution in [2.24, 2.45) is 0 Å². The maximum absolute atomic E-state index is 6.76. The zero-order chi connectivity index (χ0) is 31.9. The van der Waals surface area contributed by atoms with E-state index in [9.17, 15) is 0 Å². The van der Waals surface area contributed by atoms with E-state index in [4.69, 9.17) is 19.4 Å². The van der Waals surface area contributed by atoms with Gasteiger partial charge in [0.05, 0.1) is 5.56 Å². The molecule has 5 nitrogen and oxygen atoms in total. The van der Waals surface area contributed by atoms with Crippen molar-refractivity contribution in [2.75, 3.05) is 4.90 Å². The first-order valence-corrected chi connectivity index (χ1v) is 16.0. The van der Waals surface area contributed by atoms with Crippen LogP contribution in [0.2, 0.25) is 0 Å². The van der Waals surface area contributed by atoms with Gasteiger partial charge in [0, 0.05) is 39.0 Å². The molecule has 0 N–H and O–H groups in total. The maximum Gasteiger partial charge on any atom is 0.167 e. The lowest BCUT2D eigenvalue weighted by atomic mass is 10.0. The first-order valence-electron chi connectivity index (χ1n) is 16.0. The van der Waals surface area contributed by atoms with Crippen LogP contribution in [0.25, 0.3) is 66.9 Å². The number of para-hydroxylation sites is 2. The molecule has 226 valence electrons. The summed E-state index contributed by atoms with van der Waals surface area (Å²) >= 11 is 0. The molecule has 5 heteroatoms. The van der Waals surface area contributed by atoms with E-state index in [1.165, 1.54) is 0 Å². The Balaban J connectivity index is 1.38. The van der Waals surface area contributed by atoms with Crippen molar-refractivity contribution in [1.82, 2.24) is 15.0 Å². The number of benzene rings is 7. The molecule has 48 heavy (non-hydrogen) atoms. The standard InChI is InChI=1S/C43H28N4O/c1-5-15-29(16-6-1)41-44-42(30-17-7-2-8-18-30)46-43(45-41)38-28-35(47(33-21-9-3-10-22-33)34-23-11-4-12-24-34)27-37-36-25-31-19-13-14-20-32(31)26-39(36)48-40(37)38/h1-28H. The van der Waals surface area contributed by atoms with Gasteiger partial charge in [-0.1, -0.05) is 121 Å². The molecule has 0 fully saturated rings. The van der Waals surface area contributed by atoms with Gasteiger partial charge < -0.3 is 9.32 Å². The highest BCUT2D eigenvalue weighted by Gasteiger charge is 2.22. The zero-order valence-electron chi connectivity index (χ0n) is 25.9. The number of rotatable bonds is 6. The van der Waals surface area contributed by atoms with Crippen LogP contribution in [0, 0.1) is 0 Å². The Bertz CT molecular complexity index is 2450. The summed E-state index contributed by atoms with van der Waals surface area (Å²) in [7, 11) is 0. The first-order chi connectivity index (χ1) is 23.8. The largest absolute Gasteiger partial charge is 0.455 e. The van der Waals surface area contributed by atoms with Crippen LogP contribution in [0.4, 0.5) is 17.1 Å². The first kappa shape index (κ1) is 27.7. The lowest BCUT2D eigenvalue weighted by molar-refractivity contribution is 0.670. The fourth-order valence-corrected chi connectivity index (χ4v) is 6.37. The highest BCUT2D eigenvalue weighted by atomic mass is 16.3. The van der Waals surface area contributed by atoms with Crippen LogP contribution >= 0.6 is 0 Å². The van der Waals surface area contributed by atoms with Gasteiger partial charge in [-0.05, 0) is 59.3 Å². The highest BCUT2D eigenvalue weighted by Crippen LogP contribution is 2.43.